The Morgan fingerprint density at radius 3 is 1.65 bits per heavy atom. The van der Waals surface area contributed by atoms with Crippen molar-refractivity contribution >= 4 is 62.7 Å². The summed E-state index contributed by atoms with van der Waals surface area (Å²) in [5.74, 6) is -4.45. The van der Waals surface area contributed by atoms with Crippen LogP contribution in [-0.2, 0) is 28.9 Å². The van der Waals surface area contributed by atoms with E-state index >= 15 is 0 Å². The molecule has 2 amide bonds. The SMILES string of the molecule is O=C(CN1C(=O)[C@@H]2[C@@H](C1=O)C1(Cl)c3ccccc3C2(Cl)c2ccccc21)OCC(=O)c1ccc(Br)cc1. The zero-order valence-electron chi connectivity index (χ0n) is 19.1. The van der Waals surface area contributed by atoms with Gasteiger partial charge in [0.1, 0.15) is 16.3 Å². The van der Waals surface area contributed by atoms with E-state index in [1.165, 1.54) is 0 Å². The van der Waals surface area contributed by atoms with E-state index in [2.05, 4.69) is 15.9 Å². The number of alkyl halides is 2. The van der Waals surface area contributed by atoms with Crippen LogP contribution >= 0.6 is 39.1 Å². The smallest absolute Gasteiger partial charge is 0.326 e. The Balaban J connectivity index is 1.30. The zero-order valence-corrected chi connectivity index (χ0v) is 22.2. The average Bonchev–Trinajstić information content (AvgIpc) is 3.16. The van der Waals surface area contributed by atoms with Crippen molar-refractivity contribution in [2.75, 3.05) is 13.2 Å². The fraction of sp³-hybridized carbons (Fsp3) is 0.214. The van der Waals surface area contributed by atoms with Crippen LogP contribution in [0.4, 0.5) is 0 Å². The van der Waals surface area contributed by atoms with Gasteiger partial charge in [0, 0.05) is 10.0 Å². The van der Waals surface area contributed by atoms with Gasteiger partial charge in [-0.3, -0.25) is 24.1 Å². The van der Waals surface area contributed by atoms with Gasteiger partial charge >= 0.3 is 5.97 Å². The lowest BCUT2D eigenvalue weighted by Gasteiger charge is -2.54. The molecule has 3 aromatic carbocycles. The highest BCUT2D eigenvalue weighted by Gasteiger charge is 2.73. The molecule has 1 fully saturated rings. The highest BCUT2D eigenvalue weighted by atomic mass is 79.9. The summed E-state index contributed by atoms with van der Waals surface area (Å²) in [5, 5.41) is 0. The molecule has 2 atom stereocenters. The van der Waals surface area contributed by atoms with E-state index in [0.29, 0.717) is 27.8 Å². The molecule has 0 N–H and O–H groups in total. The van der Waals surface area contributed by atoms with E-state index in [0.717, 1.165) is 9.37 Å². The van der Waals surface area contributed by atoms with Gasteiger partial charge in [-0.2, -0.15) is 0 Å². The van der Waals surface area contributed by atoms with Crippen LogP contribution < -0.4 is 0 Å². The first kappa shape index (κ1) is 24.3. The molecule has 1 saturated heterocycles. The molecule has 4 aliphatic rings. The van der Waals surface area contributed by atoms with E-state index in [1.807, 2.05) is 48.5 Å². The molecule has 7 rings (SSSR count). The van der Waals surface area contributed by atoms with Crippen LogP contribution in [0.15, 0.2) is 77.3 Å². The van der Waals surface area contributed by atoms with Crippen LogP contribution in [0.5, 0.6) is 0 Å². The van der Waals surface area contributed by atoms with Gasteiger partial charge in [-0.15, -0.1) is 23.2 Å². The van der Waals surface area contributed by atoms with E-state index in [4.69, 9.17) is 27.9 Å². The summed E-state index contributed by atoms with van der Waals surface area (Å²) in [5.41, 5.74) is 3.08. The second kappa shape index (κ2) is 8.51. The number of nitrogens with zero attached hydrogens (tertiary/aromatic N) is 1. The number of carbonyl (C=O) groups is 4. The number of carbonyl (C=O) groups excluding carboxylic acids is 4. The summed E-state index contributed by atoms with van der Waals surface area (Å²) in [6, 6.07) is 21.2. The predicted octanol–water partition coefficient (Wildman–Crippen LogP) is 4.77. The molecule has 37 heavy (non-hydrogen) atoms. The maximum Gasteiger partial charge on any atom is 0.326 e. The van der Waals surface area contributed by atoms with E-state index in [1.54, 1.807) is 24.3 Å². The van der Waals surface area contributed by atoms with Gasteiger partial charge in [0.25, 0.3) is 0 Å². The maximum atomic E-state index is 13.7. The Hall–Kier alpha value is -3.00. The van der Waals surface area contributed by atoms with Crippen molar-refractivity contribution in [1.29, 1.82) is 0 Å². The topological polar surface area (TPSA) is 80.8 Å². The molecule has 2 bridgehead atoms. The van der Waals surface area contributed by atoms with Crippen molar-refractivity contribution in [3.05, 3.63) is 105 Å². The molecule has 0 radical (unpaired) electrons. The molecular formula is C28H18BrCl2NO5. The fourth-order valence-electron chi connectivity index (χ4n) is 5.92. The average molecular weight is 599 g/mol. The molecule has 0 unspecified atom stereocenters. The third-order valence-corrected chi connectivity index (χ3v) is 9.31. The molecule has 0 spiro atoms. The van der Waals surface area contributed by atoms with Crippen molar-refractivity contribution < 1.29 is 23.9 Å². The first-order valence-electron chi connectivity index (χ1n) is 11.6. The fourth-order valence-corrected chi connectivity index (χ4v) is 7.28. The lowest BCUT2D eigenvalue weighted by molar-refractivity contribution is -0.152. The summed E-state index contributed by atoms with van der Waals surface area (Å²) in [4.78, 5) is 50.7. The summed E-state index contributed by atoms with van der Waals surface area (Å²) in [6.45, 7) is -1.15. The molecule has 0 aromatic heterocycles. The Morgan fingerprint density at radius 1 is 0.784 bits per heavy atom. The lowest BCUT2D eigenvalue weighted by Crippen LogP contribution is -2.57. The van der Waals surface area contributed by atoms with Gasteiger partial charge < -0.3 is 4.74 Å². The first-order valence-corrected chi connectivity index (χ1v) is 13.1. The highest BCUT2D eigenvalue weighted by Crippen LogP contribution is 2.69. The number of amides is 2. The number of ketones is 1. The lowest BCUT2D eigenvalue weighted by atomic mass is 9.54. The Kier molecular flexibility index (Phi) is 5.60. The minimum atomic E-state index is -1.32. The number of halogens is 3. The Bertz CT molecular complexity index is 1380. The van der Waals surface area contributed by atoms with E-state index < -0.39 is 58.3 Å². The summed E-state index contributed by atoms with van der Waals surface area (Å²) in [6.07, 6.45) is 0. The van der Waals surface area contributed by atoms with Crippen LogP contribution in [0.25, 0.3) is 0 Å². The summed E-state index contributed by atoms with van der Waals surface area (Å²) < 4.78 is 5.94. The first-order chi connectivity index (χ1) is 17.7. The third kappa shape index (κ3) is 3.30. The molecule has 186 valence electrons. The van der Waals surface area contributed by atoms with E-state index in [-0.39, 0.29) is 0 Å². The number of likely N-dealkylation sites (tertiary alicyclic amines) is 1. The number of imide groups is 1. The van der Waals surface area contributed by atoms with Crippen molar-refractivity contribution in [3.63, 3.8) is 0 Å². The summed E-state index contributed by atoms with van der Waals surface area (Å²) >= 11 is 18.0. The second-order valence-electron chi connectivity index (χ2n) is 9.32. The van der Waals surface area contributed by atoms with Gasteiger partial charge in [0.2, 0.25) is 11.8 Å². The van der Waals surface area contributed by atoms with Crippen LogP contribution in [0.1, 0.15) is 32.6 Å². The van der Waals surface area contributed by atoms with Crippen LogP contribution in [-0.4, -0.2) is 41.6 Å². The van der Waals surface area contributed by atoms with Gasteiger partial charge in [-0.25, -0.2) is 0 Å². The minimum absolute atomic E-state index is 0.371. The maximum absolute atomic E-state index is 13.7. The molecule has 3 aliphatic carbocycles. The molecule has 0 saturated carbocycles. The monoisotopic (exact) mass is 597 g/mol. The largest absolute Gasteiger partial charge is 0.456 e. The Morgan fingerprint density at radius 2 is 1.22 bits per heavy atom. The van der Waals surface area contributed by atoms with Crippen LogP contribution in [0.3, 0.4) is 0 Å². The van der Waals surface area contributed by atoms with Gasteiger partial charge in [-0.05, 0) is 34.4 Å². The second-order valence-corrected chi connectivity index (χ2v) is 11.4. The molecule has 9 heteroatoms. The van der Waals surface area contributed by atoms with Crippen molar-refractivity contribution in [2.45, 2.75) is 9.75 Å². The number of hydrogen-bond donors (Lipinski definition) is 0. The predicted molar refractivity (Wildman–Crippen MR) is 139 cm³/mol. The van der Waals surface area contributed by atoms with Gasteiger partial charge in [-0.1, -0.05) is 76.6 Å². The normalized spacial score (nSPS) is 26.9. The Labute approximate surface area is 230 Å². The quantitative estimate of drug-likeness (QED) is 0.183. The number of rotatable bonds is 5. The zero-order chi connectivity index (χ0) is 26.1. The minimum Gasteiger partial charge on any atom is -0.456 e. The number of esters is 1. The standard InChI is InChI=1S/C28H18BrCl2NO5/c29-16-11-9-15(10-12-16)21(33)14-37-22(34)13-32-25(35)23-24(26(32)36)28(31)18-6-2-1-5-17(18)27(23,30)19-7-3-4-8-20(19)28/h1-12,23-24H,13-14H2/t23-,24-,27?,28?/m0/s1. The van der Waals surface area contributed by atoms with Crippen LogP contribution in [0, 0.1) is 11.8 Å². The number of Topliss-reactive ketones (excluding diaryl/α,β-unsaturated/α-hetero) is 1. The van der Waals surface area contributed by atoms with Crippen molar-refractivity contribution in [3.8, 4) is 0 Å². The van der Waals surface area contributed by atoms with Gasteiger partial charge in [0.05, 0.1) is 11.8 Å². The highest BCUT2D eigenvalue weighted by molar-refractivity contribution is 9.10. The van der Waals surface area contributed by atoms with Crippen molar-refractivity contribution in [2.24, 2.45) is 11.8 Å². The molecule has 6 nitrogen and oxygen atoms in total. The number of benzene rings is 3. The third-order valence-electron chi connectivity index (χ3n) is 7.49. The summed E-state index contributed by atoms with van der Waals surface area (Å²) in [7, 11) is 0. The molecule has 1 aliphatic heterocycles. The molecule has 3 aromatic rings. The number of hydrogen-bond acceptors (Lipinski definition) is 5. The van der Waals surface area contributed by atoms with Gasteiger partial charge in [0.15, 0.2) is 12.4 Å². The van der Waals surface area contributed by atoms with E-state index in [9.17, 15) is 19.2 Å². The van der Waals surface area contributed by atoms with Crippen LogP contribution in [0.2, 0.25) is 0 Å². The molecular weight excluding hydrogens is 581 g/mol. The molecule has 1 heterocycles. The number of ether oxygens (including phenoxy) is 1. The van der Waals surface area contributed by atoms with Crippen molar-refractivity contribution in [1.82, 2.24) is 4.90 Å².